The normalized spacial score (nSPS) is 13.9. The molecule has 1 aromatic heterocycles. The Labute approximate surface area is 111 Å². The quantitative estimate of drug-likeness (QED) is 0.623. The molecule has 0 aromatic carbocycles. The van der Waals surface area contributed by atoms with Crippen molar-refractivity contribution >= 4 is 12.0 Å². The molecule has 7 heteroatoms. The third-order valence-electron chi connectivity index (χ3n) is 2.79. The summed E-state index contributed by atoms with van der Waals surface area (Å²) in [5.41, 5.74) is 0. The van der Waals surface area contributed by atoms with Crippen LogP contribution in [0, 0.1) is 5.92 Å². The van der Waals surface area contributed by atoms with E-state index in [0.29, 0.717) is 5.82 Å². The summed E-state index contributed by atoms with van der Waals surface area (Å²) in [6.07, 6.45) is 3.18. The largest absolute Gasteiger partial charge is 0.481 e. The number of carboxylic acid groups (broad SMARTS) is 1. The number of aromatic nitrogens is 2. The molecule has 1 heterocycles. The lowest BCUT2D eigenvalue weighted by Gasteiger charge is -2.22. The Balaban J connectivity index is 2.50. The molecule has 0 radical (unpaired) electrons. The highest BCUT2D eigenvalue weighted by Gasteiger charge is 2.20. The van der Waals surface area contributed by atoms with Crippen molar-refractivity contribution in [3.05, 3.63) is 18.2 Å². The first-order chi connectivity index (χ1) is 8.90. The number of nitrogens with zero attached hydrogens (tertiary/aromatic N) is 1. The smallest absolute Gasteiger partial charge is 0.315 e. The summed E-state index contributed by atoms with van der Waals surface area (Å²) < 4.78 is 0. The van der Waals surface area contributed by atoms with Crippen molar-refractivity contribution in [3.8, 4) is 0 Å². The number of rotatable bonds is 6. The molecule has 0 bridgehead atoms. The topological polar surface area (TPSA) is 107 Å². The Hall–Kier alpha value is -2.05. The highest BCUT2D eigenvalue weighted by Crippen LogP contribution is 2.08. The molecule has 0 fully saturated rings. The third-order valence-corrected chi connectivity index (χ3v) is 2.79. The molecule has 106 valence electrons. The number of imidazole rings is 1. The van der Waals surface area contributed by atoms with Gasteiger partial charge in [-0.25, -0.2) is 9.78 Å². The fourth-order valence-corrected chi connectivity index (χ4v) is 1.63. The van der Waals surface area contributed by atoms with Crippen molar-refractivity contribution in [1.82, 2.24) is 20.6 Å². The minimum atomic E-state index is -0.932. The number of amides is 2. The van der Waals surface area contributed by atoms with E-state index in [9.17, 15) is 9.59 Å². The summed E-state index contributed by atoms with van der Waals surface area (Å²) in [6.45, 7) is 5.52. The summed E-state index contributed by atoms with van der Waals surface area (Å²) in [4.78, 5) is 29.4. The Kier molecular flexibility index (Phi) is 5.35. The molecule has 7 nitrogen and oxygen atoms in total. The van der Waals surface area contributed by atoms with Gasteiger partial charge in [-0.1, -0.05) is 13.8 Å². The predicted octanol–water partition coefficient (Wildman–Crippen LogP) is 1.27. The zero-order valence-corrected chi connectivity index (χ0v) is 11.3. The van der Waals surface area contributed by atoms with E-state index in [1.54, 1.807) is 19.3 Å². The minimum absolute atomic E-state index is 0.0424. The van der Waals surface area contributed by atoms with E-state index in [0.717, 1.165) is 0 Å². The van der Waals surface area contributed by atoms with Crippen LogP contribution in [0.4, 0.5) is 4.79 Å². The van der Waals surface area contributed by atoms with Crippen molar-refractivity contribution in [1.29, 1.82) is 0 Å². The first-order valence-corrected chi connectivity index (χ1v) is 6.18. The van der Waals surface area contributed by atoms with Gasteiger partial charge in [-0.05, 0) is 12.8 Å². The Morgan fingerprint density at radius 1 is 1.37 bits per heavy atom. The lowest BCUT2D eigenvalue weighted by Crippen LogP contribution is -2.46. The standard InChI is InChI=1S/C12H20N4O3/c1-7(2)9(6-10(17)18)16-12(19)15-8(3)11-13-4-5-14-11/h4-5,7-9H,6H2,1-3H3,(H,13,14)(H,17,18)(H2,15,16,19). The number of hydrogen-bond donors (Lipinski definition) is 4. The highest BCUT2D eigenvalue weighted by atomic mass is 16.4. The highest BCUT2D eigenvalue weighted by molar-refractivity contribution is 5.76. The second-order valence-electron chi connectivity index (χ2n) is 4.76. The van der Waals surface area contributed by atoms with Gasteiger partial charge >= 0.3 is 12.0 Å². The predicted molar refractivity (Wildman–Crippen MR) is 69.5 cm³/mol. The molecule has 0 aliphatic rings. The van der Waals surface area contributed by atoms with Crippen molar-refractivity contribution in [3.63, 3.8) is 0 Å². The van der Waals surface area contributed by atoms with E-state index in [2.05, 4.69) is 20.6 Å². The first kappa shape index (κ1) is 15.0. The molecule has 1 aromatic rings. The van der Waals surface area contributed by atoms with E-state index >= 15 is 0 Å². The SMILES string of the molecule is CC(NC(=O)NC(CC(=O)O)C(C)C)c1ncc[nH]1. The summed E-state index contributed by atoms with van der Waals surface area (Å²) in [6, 6.07) is -1.07. The minimum Gasteiger partial charge on any atom is -0.481 e. The van der Waals surface area contributed by atoms with Crippen molar-refractivity contribution in [2.45, 2.75) is 39.3 Å². The van der Waals surface area contributed by atoms with Gasteiger partial charge in [-0.3, -0.25) is 4.79 Å². The maximum absolute atomic E-state index is 11.8. The van der Waals surface area contributed by atoms with Crippen LogP contribution < -0.4 is 10.6 Å². The molecule has 19 heavy (non-hydrogen) atoms. The molecule has 4 N–H and O–H groups in total. The van der Waals surface area contributed by atoms with Crippen LogP contribution in [0.3, 0.4) is 0 Å². The summed E-state index contributed by atoms with van der Waals surface area (Å²) >= 11 is 0. The number of urea groups is 1. The van der Waals surface area contributed by atoms with Gasteiger partial charge in [0.15, 0.2) is 0 Å². The summed E-state index contributed by atoms with van der Waals surface area (Å²) in [7, 11) is 0. The van der Waals surface area contributed by atoms with Gasteiger partial charge < -0.3 is 20.7 Å². The van der Waals surface area contributed by atoms with E-state index in [-0.39, 0.29) is 18.4 Å². The molecule has 2 unspecified atom stereocenters. The Bertz CT molecular complexity index is 417. The van der Waals surface area contributed by atoms with E-state index in [4.69, 9.17) is 5.11 Å². The summed E-state index contributed by atoms with van der Waals surface area (Å²) in [5, 5.41) is 14.2. The fraction of sp³-hybridized carbons (Fsp3) is 0.583. The van der Waals surface area contributed by atoms with Crippen LogP contribution in [0.25, 0.3) is 0 Å². The van der Waals surface area contributed by atoms with Crippen LogP contribution in [-0.4, -0.2) is 33.1 Å². The monoisotopic (exact) mass is 268 g/mol. The molecule has 2 atom stereocenters. The van der Waals surface area contributed by atoms with Crippen molar-refractivity contribution < 1.29 is 14.7 Å². The molecular weight excluding hydrogens is 248 g/mol. The number of nitrogens with one attached hydrogen (secondary N) is 3. The van der Waals surface area contributed by atoms with Crippen LogP contribution in [-0.2, 0) is 4.79 Å². The van der Waals surface area contributed by atoms with Gasteiger partial charge in [0.05, 0.1) is 12.5 Å². The number of carboxylic acids is 1. The van der Waals surface area contributed by atoms with Crippen molar-refractivity contribution in [2.75, 3.05) is 0 Å². The van der Waals surface area contributed by atoms with Crippen LogP contribution in [0.1, 0.15) is 39.1 Å². The third kappa shape index (κ3) is 4.99. The molecule has 1 rings (SSSR count). The van der Waals surface area contributed by atoms with Gasteiger partial charge in [-0.2, -0.15) is 0 Å². The number of aliphatic carboxylic acids is 1. The van der Waals surface area contributed by atoms with Crippen LogP contribution in [0.2, 0.25) is 0 Å². The molecule has 0 spiro atoms. The number of carbonyl (C=O) groups excluding carboxylic acids is 1. The van der Waals surface area contributed by atoms with Crippen LogP contribution in [0.5, 0.6) is 0 Å². The van der Waals surface area contributed by atoms with Crippen LogP contribution >= 0.6 is 0 Å². The molecular formula is C12H20N4O3. The number of H-pyrrole nitrogens is 1. The zero-order valence-electron chi connectivity index (χ0n) is 11.3. The number of aromatic amines is 1. The average Bonchev–Trinajstić information content (AvgIpc) is 2.80. The maximum atomic E-state index is 11.8. The molecule has 0 aliphatic heterocycles. The number of carbonyl (C=O) groups is 2. The second kappa shape index (κ2) is 6.77. The van der Waals surface area contributed by atoms with E-state index in [1.165, 1.54) is 0 Å². The van der Waals surface area contributed by atoms with Gasteiger partial charge in [0.2, 0.25) is 0 Å². The van der Waals surface area contributed by atoms with Gasteiger partial charge in [0, 0.05) is 18.4 Å². The van der Waals surface area contributed by atoms with Crippen molar-refractivity contribution in [2.24, 2.45) is 5.92 Å². The lowest BCUT2D eigenvalue weighted by molar-refractivity contribution is -0.137. The van der Waals surface area contributed by atoms with E-state index < -0.39 is 18.0 Å². The van der Waals surface area contributed by atoms with E-state index in [1.807, 2.05) is 13.8 Å². The van der Waals surface area contributed by atoms with Crippen LogP contribution in [0.15, 0.2) is 12.4 Å². The Morgan fingerprint density at radius 2 is 2.05 bits per heavy atom. The van der Waals surface area contributed by atoms with Gasteiger partial charge in [0.1, 0.15) is 5.82 Å². The maximum Gasteiger partial charge on any atom is 0.315 e. The second-order valence-corrected chi connectivity index (χ2v) is 4.76. The Morgan fingerprint density at radius 3 is 2.53 bits per heavy atom. The van der Waals surface area contributed by atoms with Gasteiger partial charge in [0.25, 0.3) is 0 Å². The molecule has 0 saturated heterocycles. The first-order valence-electron chi connectivity index (χ1n) is 6.18. The summed E-state index contributed by atoms with van der Waals surface area (Å²) in [5.74, 6) is -0.242. The fourth-order valence-electron chi connectivity index (χ4n) is 1.63. The average molecular weight is 268 g/mol. The molecule has 0 saturated carbocycles. The molecule has 2 amide bonds. The number of hydrogen-bond acceptors (Lipinski definition) is 3. The lowest BCUT2D eigenvalue weighted by atomic mass is 10.0. The van der Waals surface area contributed by atoms with Gasteiger partial charge in [-0.15, -0.1) is 0 Å². The molecule has 0 aliphatic carbocycles. The zero-order chi connectivity index (χ0) is 14.4.